The lowest BCUT2D eigenvalue weighted by atomic mass is 9.97. The van der Waals surface area contributed by atoms with Crippen molar-refractivity contribution in [2.75, 3.05) is 20.3 Å². The molecule has 0 saturated carbocycles. The minimum atomic E-state index is -0.802. The van der Waals surface area contributed by atoms with E-state index >= 15 is 0 Å². The molecule has 0 aliphatic heterocycles. The molecule has 0 saturated heterocycles. The Hall–Kier alpha value is -4.73. The lowest BCUT2D eigenvalue weighted by Gasteiger charge is -2.29. The van der Waals surface area contributed by atoms with E-state index in [2.05, 4.69) is 23.8 Å². The van der Waals surface area contributed by atoms with Crippen molar-refractivity contribution in [2.45, 2.75) is 69.7 Å². The number of esters is 1. The number of amides is 2. The molecule has 3 N–H and O–H groups in total. The highest BCUT2D eigenvalue weighted by molar-refractivity contribution is 5.86. The average Bonchev–Trinajstić information content (AvgIpc) is 3.12. The SMILES string of the molecule is C=CCCCCC(=O)O[C@@H](c1ccccc1)[C@H](COC)NC(=O)[C@H](CC=C)CC(=O)N[C@H](CO)Cc1ccc(OCc2ccccc2)cc1. The number of allylic oxidation sites excluding steroid dienone is 2. The van der Waals surface area contributed by atoms with Crippen molar-refractivity contribution in [3.8, 4) is 5.75 Å². The lowest BCUT2D eigenvalue weighted by Crippen LogP contribution is -2.47. The van der Waals surface area contributed by atoms with Crippen LogP contribution in [0.25, 0.3) is 0 Å². The Bertz CT molecular complexity index is 1430. The van der Waals surface area contributed by atoms with E-state index in [9.17, 15) is 19.5 Å². The van der Waals surface area contributed by atoms with E-state index in [0.29, 0.717) is 25.0 Å². The van der Waals surface area contributed by atoms with Crippen LogP contribution in [0.2, 0.25) is 0 Å². The number of nitrogens with one attached hydrogen (secondary N) is 2. The van der Waals surface area contributed by atoms with Gasteiger partial charge in [0, 0.05) is 20.0 Å². The second-order valence-corrected chi connectivity index (χ2v) is 11.9. The zero-order valence-corrected chi connectivity index (χ0v) is 28.4. The summed E-state index contributed by atoms with van der Waals surface area (Å²) in [4.78, 5) is 39.6. The van der Waals surface area contributed by atoms with Gasteiger partial charge < -0.3 is 30.0 Å². The van der Waals surface area contributed by atoms with Crippen LogP contribution in [0.3, 0.4) is 0 Å². The summed E-state index contributed by atoms with van der Waals surface area (Å²) in [5, 5.41) is 15.9. The summed E-state index contributed by atoms with van der Waals surface area (Å²) in [5.41, 5.74) is 2.69. The third-order valence-electron chi connectivity index (χ3n) is 7.96. The Kier molecular flexibility index (Phi) is 17.4. The molecule has 0 aliphatic rings. The van der Waals surface area contributed by atoms with Crippen molar-refractivity contribution >= 4 is 17.8 Å². The number of hydrogen-bond acceptors (Lipinski definition) is 7. The molecular weight excluding hydrogens is 620 g/mol. The molecule has 0 aliphatic carbocycles. The highest BCUT2D eigenvalue weighted by Gasteiger charge is 2.31. The van der Waals surface area contributed by atoms with Crippen molar-refractivity contribution in [3.05, 3.63) is 127 Å². The van der Waals surface area contributed by atoms with Crippen LogP contribution >= 0.6 is 0 Å². The number of ether oxygens (including phenoxy) is 3. The summed E-state index contributed by atoms with van der Waals surface area (Å²) in [5.74, 6) is -1.18. The van der Waals surface area contributed by atoms with Crippen molar-refractivity contribution in [1.29, 1.82) is 0 Å². The maximum Gasteiger partial charge on any atom is 0.306 e. The van der Waals surface area contributed by atoms with Crippen LogP contribution in [-0.4, -0.2) is 55.3 Å². The number of unbranched alkanes of at least 4 members (excludes halogenated alkanes) is 2. The highest BCUT2D eigenvalue weighted by atomic mass is 16.5. The van der Waals surface area contributed by atoms with Gasteiger partial charge in [0.15, 0.2) is 0 Å². The first-order chi connectivity index (χ1) is 23.9. The predicted octanol–water partition coefficient (Wildman–Crippen LogP) is 6.03. The average molecular weight is 671 g/mol. The number of hydrogen-bond donors (Lipinski definition) is 3. The Morgan fingerprint density at radius 3 is 2.18 bits per heavy atom. The molecule has 262 valence electrons. The molecule has 9 nitrogen and oxygen atoms in total. The maximum atomic E-state index is 13.6. The molecule has 49 heavy (non-hydrogen) atoms. The first kappa shape index (κ1) is 38.7. The topological polar surface area (TPSA) is 123 Å². The van der Waals surface area contributed by atoms with E-state index in [0.717, 1.165) is 29.7 Å². The van der Waals surface area contributed by atoms with Gasteiger partial charge in [-0.3, -0.25) is 14.4 Å². The summed E-state index contributed by atoms with van der Waals surface area (Å²) in [6, 6.07) is 25.3. The molecule has 4 atom stereocenters. The van der Waals surface area contributed by atoms with Gasteiger partial charge in [0.05, 0.1) is 31.2 Å². The lowest BCUT2D eigenvalue weighted by molar-refractivity contribution is -0.153. The third-order valence-corrected chi connectivity index (χ3v) is 7.96. The molecule has 0 bridgehead atoms. The number of methoxy groups -OCH3 is 1. The first-order valence-electron chi connectivity index (χ1n) is 16.8. The summed E-state index contributed by atoms with van der Waals surface area (Å²) in [6.07, 6.45) is 5.65. The van der Waals surface area contributed by atoms with E-state index in [1.54, 1.807) is 6.08 Å². The van der Waals surface area contributed by atoms with Crippen LogP contribution < -0.4 is 15.4 Å². The fourth-order valence-electron chi connectivity index (χ4n) is 5.37. The summed E-state index contributed by atoms with van der Waals surface area (Å²) < 4.78 is 17.2. The molecule has 0 fully saturated rings. The minimum Gasteiger partial charge on any atom is -0.489 e. The second-order valence-electron chi connectivity index (χ2n) is 11.9. The molecular formula is C40H50N2O7. The molecule has 0 radical (unpaired) electrons. The normalized spacial score (nSPS) is 13.3. The van der Waals surface area contributed by atoms with E-state index in [1.807, 2.05) is 91.0 Å². The quantitative estimate of drug-likeness (QED) is 0.0640. The van der Waals surface area contributed by atoms with E-state index in [4.69, 9.17) is 14.2 Å². The van der Waals surface area contributed by atoms with Crippen molar-refractivity contribution < 1.29 is 33.7 Å². The predicted molar refractivity (Wildman–Crippen MR) is 191 cm³/mol. The Balaban J connectivity index is 1.61. The molecule has 3 rings (SSSR count). The van der Waals surface area contributed by atoms with Crippen LogP contribution in [0.1, 0.15) is 61.3 Å². The zero-order chi connectivity index (χ0) is 35.3. The molecule has 2 amide bonds. The van der Waals surface area contributed by atoms with Gasteiger partial charge in [-0.15, -0.1) is 13.2 Å². The van der Waals surface area contributed by atoms with E-state index < -0.39 is 30.0 Å². The monoisotopic (exact) mass is 670 g/mol. The third kappa shape index (κ3) is 14.1. The van der Waals surface area contributed by atoms with Gasteiger partial charge >= 0.3 is 5.97 Å². The Labute approximate surface area is 290 Å². The molecule has 0 aromatic heterocycles. The van der Waals surface area contributed by atoms with Crippen LogP contribution in [0.15, 0.2) is 110 Å². The van der Waals surface area contributed by atoms with Gasteiger partial charge in [-0.1, -0.05) is 84.9 Å². The van der Waals surface area contributed by atoms with Gasteiger partial charge in [-0.25, -0.2) is 0 Å². The van der Waals surface area contributed by atoms with Gasteiger partial charge in [0.1, 0.15) is 18.5 Å². The minimum absolute atomic E-state index is 0.0741. The first-order valence-corrected chi connectivity index (χ1v) is 16.8. The number of carbonyl (C=O) groups excluding carboxylic acids is 3. The Morgan fingerprint density at radius 1 is 0.857 bits per heavy atom. The van der Waals surface area contributed by atoms with Crippen molar-refractivity contribution in [3.63, 3.8) is 0 Å². The van der Waals surface area contributed by atoms with Gasteiger partial charge in [-0.05, 0) is 60.9 Å². The zero-order valence-electron chi connectivity index (χ0n) is 28.4. The standard InChI is InChI=1S/C40H50N2O7/c1-4-6-7-14-20-38(45)49-39(32-18-12-9-13-19-32)36(29-47-3)42-40(46)33(15-5-2)26-37(44)41-34(27-43)25-30-21-23-35(24-22-30)48-28-31-16-10-8-11-17-31/h4-5,8-13,16-19,21-24,33-34,36,39,43H,1-2,6-7,14-15,20,25-29H2,3H3,(H,41,44)(H,42,46)/t33-,34+,36+,39+/m1/s1. The van der Waals surface area contributed by atoms with Crippen molar-refractivity contribution in [1.82, 2.24) is 10.6 Å². The van der Waals surface area contributed by atoms with E-state index in [1.165, 1.54) is 7.11 Å². The number of aliphatic hydroxyl groups is 1. The van der Waals surface area contributed by atoms with Crippen LogP contribution in [0, 0.1) is 5.92 Å². The smallest absolute Gasteiger partial charge is 0.306 e. The van der Waals surface area contributed by atoms with E-state index in [-0.39, 0.29) is 44.4 Å². The summed E-state index contributed by atoms with van der Waals surface area (Å²) in [6.45, 7) is 7.75. The highest BCUT2D eigenvalue weighted by Crippen LogP contribution is 2.24. The van der Waals surface area contributed by atoms with Crippen LogP contribution in [-0.2, 0) is 36.9 Å². The van der Waals surface area contributed by atoms with Crippen LogP contribution in [0.4, 0.5) is 0 Å². The van der Waals surface area contributed by atoms with Gasteiger partial charge in [0.25, 0.3) is 0 Å². The maximum absolute atomic E-state index is 13.6. The molecule has 0 heterocycles. The summed E-state index contributed by atoms with van der Waals surface area (Å²) in [7, 11) is 1.51. The molecule has 3 aromatic carbocycles. The number of carbonyl (C=O) groups is 3. The largest absolute Gasteiger partial charge is 0.489 e. The number of rotatable bonds is 23. The molecule has 9 heteroatoms. The number of aliphatic hydroxyl groups excluding tert-OH is 1. The molecule has 0 unspecified atom stereocenters. The van der Waals surface area contributed by atoms with Crippen LogP contribution in [0.5, 0.6) is 5.75 Å². The fraction of sp³-hybridized carbons (Fsp3) is 0.375. The Morgan fingerprint density at radius 2 is 1.55 bits per heavy atom. The van der Waals surface area contributed by atoms with Gasteiger partial charge in [-0.2, -0.15) is 0 Å². The number of benzene rings is 3. The fourth-order valence-corrected chi connectivity index (χ4v) is 5.37. The summed E-state index contributed by atoms with van der Waals surface area (Å²) >= 11 is 0. The second kappa shape index (κ2) is 22.0. The molecule has 0 spiro atoms. The van der Waals surface area contributed by atoms with Crippen molar-refractivity contribution in [2.24, 2.45) is 5.92 Å². The van der Waals surface area contributed by atoms with Gasteiger partial charge in [0.2, 0.25) is 11.8 Å². The molecule has 3 aromatic rings.